The Kier molecular flexibility index (Phi) is 20.0. The monoisotopic (exact) mass is 470 g/mol. The second-order valence-electron chi connectivity index (χ2n) is 8.92. The zero-order valence-corrected chi connectivity index (χ0v) is 20.6. The van der Waals surface area contributed by atoms with Crippen LogP contribution in [0.1, 0.15) is 103 Å². The molecule has 194 valence electrons. The van der Waals surface area contributed by atoms with E-state index in [1.54, 1.807) is 0 Å². The van der Waals surface area contributed by atoms with E-state index in [4.69, 9.17) is 28.7 Å². The fraction of sp³-hybridized carbons (Fsp3) is 0.875. The standard InChI is InChI=1S/C24H50N6O3/c25-17-11-7-5-3-1-2-4-6-8-16-22(31)30(21(23(29)32)15-10-13-19-27)24(33)20(28)14-9-12-18-26/h20-21H,1-19,25-28H2,(H2,29,32). The molecule has 33 heavy (non-hydrogen) atoms. The average molecular weight is 471 g/mol. The average Bonchev–Trinajstić information content (AvgIpc) is 2.79. The zero-order chi connectivity index (χ0) is 24.9. The maximum Gasteiger partial charge on any atom is 0.246 e. The minimum atomic E-state index is -0.981. The van der Waals surface area contributed by atoms with Crippen LogP contribution in [0.15, 0.2) is 0 Å². The molecule has 0 radical (unpaired) electrons. The Morgan fingerprint density at radius 2 is 1.03 bits per heavy atom. The van der Waals surface area contributed by atoms with Gasteiger partial charge in [-0.25, -0.2) is 0 Å². The van der Waals surface area contributed by atoms with E-state index in [9.17, 15) is 14.4 Å². The van der Waals surface area contributed by atoms with Gasteiger partial charge in [0.15, 0.2) is 0 Å². The van der Waals surface area contributed by atoms with E-state index < -0.39 is 23.9 Å². The molecule has 0 aromatic rings. The molecule has 0 fully saturated rings. The molecule has 0 saturated heterocycles. The van der Waals surface area contributed by atoms with E-state index in [0.717, 1.165) is 43.5 Å². The summed E-state index contributed by atoms with van der Waals surface area (Å²) >= 11 is 0. The lowest BCUT2D eigenvalue weighted by Gasteiger charge is -2.30. The Morgan fingerprint density at radius 1 is 0.606 bits per heavy atom. The van der Waals surface area contributed by atoms with Crippen molar-refractivity contribution in [1.29, 1.82) is 0 Å². The van der Waals surface area contributed by atoms with Gasteiger partial charge in [0.2, 0.25) is 17.7 Å². The molecule has 0 saturated carbocycles. The lowest BCUT2D eigenvalue weighted by molar-refractivity contribution is -0.152. The first-order valence-electron chi connectivity index (χ1n) is 12.9. The highest BCUT2D eigenvalue weighted by Gasteiger charge is 2.35. The minimum Gasteiger partial charge on any atom is -0.368 e. The fourth-order valence-corrected chi connectivity index (χ4v) is 3.92. The Labute approximate surface area is 200 Å². The van der Waals surface area contributed by atoms with Gasteiger partial charge in [0.05, 0.1) is 6.04 Å². The highest BCUT2D eigenvalue weighted by molar-refractivity contribution is 6.02. The van der Waals surface area contributed by atoms with E-state index in [2.05, 4.69) is 0 Å². The topological polar surface area (TPSA) is 185 Å². The predicted molar refractivity (Wildman–Crippen MR) is 134 cm³/mol. The quantitative estimate of drug-likeness (QED) is 0.149. The summed E-state index contributed by atoms with van der Waals surface area (Å²) in [7, 11) is 0. The molecule has 0 aliphatic rings. The highest BCUT2D eigenvalue weighted by Crippen LogP contribution is 2.17. The normalized spacial score (nSPS) is 13.0. The summed E-state index contributed by atoms with van der Waals surface area (Å²) in [6, 6.07) is -1.83. The van der Waals surface area contributed by atoms with Crippen LogP contribution in [0.4, 0.5) is 0 Å². The van der Waals surface area contributed by atoms with Crippen molar-refractivity contribution in [3.8, 4) is 0 Å². The Morgan fingerprint density at radius 3 is 1.52 bits per heavy atom. The number of carbonyl (C=O) groups is 3. The van der Waals surface area contributed by atoms with Crippen molar-refractivity contribution in [2.24, 2.45) is 28.7 Å². The molecule has 0 heterocycles. The van der Waals surface area contributed by atoms with Crippen LogP contribution >= 0.6 is 0 Å². The van der Waals surface area contributed by atoms with Gasteiger partial charge < -0.3 is 28.7 Å². The summed E-state index contributed by atoms with van der Waals surface area (Å²) in [5, 5.41) is 0. The molecule has 0 aromatic heterocycles. The number of unbranched alkanes of at least 4 members (excludes halogenated alkanes) is 10. The molecule has 0 spiro atoms. The van der Waals surface area contributed by atoms with Crippen LogP contribution < -0.4 is 28.7 Å². The van der Waals surface area contributed by atoms with Gasteiger partial charge in [-0.05, 0) is 64.6 Å². The number of nitrogens with zero attached hydrogens (tertiary/aromatic N) is 1. The lowest BCUT2D eigenvalue weighted by Crippen LogP contribution is -2.55. The molecule has 2 atom stereocenters. The summed E-state index contributed by atoms with van der Waals surface area (Å²) in [5.74, 6) is -1.57. The van der Waals surface area contributed by atoms with Gasteiger partial charge in [-0.1, -0.05) is 51.4 Å². The van der Waals surface area contributed by atoms with Crippen molar-refractivity contribution >= 4 is 17.7 Å². The molecule has 3 amide bonds. The van der Waals surface area contributed by atoms with Crippen LogP contribution in [0.2, 0.25) is 0 Å². The van der Waals surface area contributed by atoms with E-state index in [1.807, 2.05) is 0 Å². The molecule has 0 rings (SSSR count). The predicted octanol–water partition coefficient (Wildman–Crippen LogP) is 1.64. The number of hydrogen-bond donors (Lipinski definition) is 5. The van der Waals surface area contributed by atoms with Crippen LogP contribution in [0.5, 0.6) is 0 Å². The molecule has 0 aromatic carbocycles. The molecule has 0 aliphatic heterocycles. The fourth-order valence-electron chi connectivity index (χ4n) is 3.92. The van der Waals surface area contributed by atoms with Gasteiger partial charge in [-0.2, -0.15) is 0 Å². The van der Waals surface area contributed by atoms with Crippen molar-refractivity contribution in [2.45, 2.75) is 115 Å². The molecule has 0 bridgehead atoms. The van der Waals surface area contributed by atoms with Gasteiger partial charge >= 0.3 is 0 Å². The molecular weight excluding hydrogens is 420 g/mol. The molecule has 9 nitrogen and oxygen atoms in total. The highest BCUT2D eigenvalue weighted by atomic mass is 16.2. The van der Waals surface area contributed by atoms with Crippen molar-refractivity contribution in [3.63, 3.8) is 0 Å². The smallest absolute Gasteiger partial charge is 0.246 e. The molecule has 9 heteroatoms. The van der Waals surface area contributed by atoms with Gasteiger partial charge in [0.1, 0.15) is 6.04 Å². The van der Waals surface area contributed by atoms with E-state index in [-0.39, 0.29) is 12.3 Å². The SMILES string of the molecule is NCCCCCCCCCCCC(=O)N(C(=O)C(N)CCCCN)C(CCCCN)C(N)=O. The Hall–Kier alpha value is -1.55. The summed E-state index contributed by atoms with van der Waals surface area (Å²) in [6.45, 7) is 1.75. The zero-order valence-electron chi connectivity index (χ0n) is 20.6. The number of amides is 3. The van der Waals surface area contributed by atoms with E-state index in [0.29, 0.717) is 51.6 Å². The van der Waals surface area contributed by atoms with Crippen molar-refractivity contribution in [2.75, 3.05) is 19.6 Å². The largest absolute Gasteiger partial charge is 0.368 e. The number of carbonyl (C=O) groups excluding carboxylic acids is 3. The van der Waals surface area contributed by atoms with Gasteiger partial charge in [0, 0.05) is 6.42 Å². The number of imide groups is 1. The molecule has 10 N–H and O–H groups in total. The van der Waals surface area contributed by atoms with Gasteiger partial charge in [0.25, 0.3) is 0 Å². The molecular formula is C24H50N6O3. The van der Waals surface area contributed by atoms with Gasteiger partial charge in [-0.3, -0.25) is 19.3 Å². The van der Waals surface area contributed by atoms with Crippen LogP contribution in [0.3, 0.4) is 0 Å². The summed E-state index contributed by atoms with van der Waals surface area (Å²) < 4.78 is 0. The third kappa shape index (κ3) is 15.1. The third-order valence-electron chi connectivity index (χ3n) is 5.96. The van der Waals surface area contributed by atoms with Crippen molar-refractivity contribution in [3.05, 3.63) is 0 Å². The Balaban J connectivity index is 4.79. The Bertz CT molecular complexity index is 532. The van der Waals surface area contributed by atoms with Crippen LogP contribution in [-0.4, -0.2) is 54.3 Å². The van der Waals surface area contributed by atoms with Crippen molar-refractivity contribution in [1.82, 2.24) is 4.90 Å². The third-order valence-corrected chi connectivity index (χ3v) is 5.96. The van der Waals surface area contributed by atoms with Crippen LogP contribution in [-0.2, 0) is 14.4 Å². The summed E-state index contributed by atoms with van der Waals surface area (Å²) in [4.78, 5) is 39.3. The van der Waals surface area contributed by atoms with E-state index in [1.165, 1.54) is 25.7 Å². The second kappa shape index (κ2) is 21.0. The first kappa shape index (κ1) is 31.4. The number of nitrogens with two attached hydrogens (primary N) is 5. The maximum absolute atomic E-state index is 13.0. The number of hydrogen-bond acceptors (Lipinski definition) is 7. The minimum absolute atomic E-state index is 0.207. The summed E-state index contributed by atoms with van der Waals surface area (Å²) in [5.41, 5.74) is 28.2. The first-order valence-corrected chi connectivity index (χ1v) is 12.9. The van der Waals surface area contributed by atoms with Crippen molar-refractivity contribution < 1.29 is 14.4 Å². The number of primary amides is 1. The summed E-state index contributed by atoms with van der Waals surface area (Å²) in [6.07, 6.45) is 13.3. The maximum atomic E-state index is 13.0. The van der Waals surface area contributed by atoms with Gasteiger partial charge in [-0.15, -0.1) is 0 Å². The van der Waals surface area contributed by atoms with Crippen LogP contribution in [0, 0.1) is 0 Å². The second-order valence-corrected chi connectivity index (χ2v) is 8.92. The molecule has 0 aliphatic carbocycles. The number of rotatable bonds is 22. The lowest BCUT2D eigenvalue weighted by atomic mass is 10.0. The van der Waals surface area contributed by atoms with E-state index >= 15 is 0 Å². The first-order chi connectivity index (χ1) is 15.9. The van der Waals surface area contributed by atoms with Crippen LogP contribution in [0.25, 0.3) is 0 Å². The molecule has 2 unspecified atom stereocenters.